The van der Waals surface area contributed by atoms with Crippen molar-refractivity contribution in [2.45, 2.75) is 0 Å². The summed E-state index contributed by atoms with van der Waals surface area (Å²) in [4.78, 5) is 4.92. The van der Waals surface area contributed by atoms with E-state index < -0.39 is 0 Å². The molecule has 2 aliphatic heterocycles. The van der Waals surface area contributed by atoms with Gasteiger partial charge in [-0.2, -0.15) is 0 Å². The Kier molecular flexibility index (Phi) is 5.37. The van der Waals surface area contributed by atoms with Crippen LogP contribution in [0.2, 0.25) is 0 Å². The zero-order valence-electron chi connectivity index (χ0n) is 25.0. The molecular weight excluding hydrogens is 559 g/mol. The molecule has 8 aromatic rings. The van der Waals surface area contributed by atoms with Crippen LogP contribution in [0, 0.1) is 0 Å². The van der Waals surface area contributed by atoms with Gasteiger partial charge in [-0.05, 0) is 76.5 Å². The van der Waals surface area contributed by atoms with Crippen molar-refractivity contribution in [2.75, 3.05) is 9.80 Å². The number of fused-ring (bicyclic) bond motifs is 7. The lowest BCUT2D eigenvalue weighted by molar-refractivity contribution is 0.669. The molecule has 214 valence electrons. The highest BCUT2D eigenvalue weighted by molar-refractivity contribution is 7.00. The van der Waals surface area contributed by atoms with E-state index >= 15 is 0 Å². The third-order valence-corrected chi connectivity index (χ3v) is 9.64. The Hall–Kier alpha value is -6.00. The van der Waals surface area contributed by atoms with Crippen LogP contribution in [0.3, 0.4) is 0 Å². The average molecular weight is 587 g/mol. The van der Waals surface area contributed by atoms with Gasteiger partial charge in [0, 0.05) is 50.5 Å². The number of furan rings is 1. The molecule has 0 unspecified atom stereocenters. The van der Waals surface area contributed by atoms with Crippen LogP contribution in [0.15, 0.2) is 168 Å². The van der Waals surface area contributed by atoms with Crippen molar-refractivity contribution in [1.29, 1.82) is 0 Å². The lowest BCUT2D eigenvalue weighted by atomic mass is 9.33. The standard InChI is InChI=1S/C42H27BN2O/c1-3-14-28(15-4-1)44-35-23-9-8-21-33(35)43-34-22-11-20-31(30-19-12-27-39-40(30)32-18-7-10-26-38(32)46-39)42(34)45(29-16-5-2-6-17-29)37-25-13-24-36(44)41(37)43/h1-27H. The molecule has 10 rings (SSSR count). The third-order valence-electron chi connectivity index (χ3n) is 9.64. The number of nitrogens with zero attached hydrogens (tertiary/aromatic N) is 2. The predicted molar refractivity (Wildman–Crippen MR) is 193 cm³/mol. The van der Waals surface area contributed by atoms with E-state index in [0.717, 1.165) is 33.3 Å². The Balaban J connectivity index is 1.32. The first-order valence-electron chi connectivity index (χ1n) is 15.8. The first kappa shape index (κ1) is 25.3. The number of hydrogen-bond donors (Lipinski definition) is 0. The molecule has 0 bridgehead atoms. The lowest BCUT2D eigenvalue weighted by Crippen LogP contribution is -2.61. The van der Waals surface area contributed by atoms with Crippen LogP contribution >= 0.6 is 0 Å². The molecule has 1 aromatic heterocycles. The Bertz CT molecular complexity index is 2450. The largest absolute Gasteiger partial charge is 0.456 e. The van der Waals surface area contributed by atoms with Crippen LogP contribution in [-0.2, 0) is 0 Å². The highest BCUT2D eigenvalue weighted by Crippen LogP contribution is 2.48. The minimum atomic E-state index is 0.0672. The van der Waals surface area contributed by atoms with Crippen LogP contribution in [0.25, 0.3) is 33.1 Å². The minimum absolute atomic E-state index is 0.0672. The summed E-state index contributed by atoms with van der Waals surface area (Å²) in [6.07, 6.45) is 0. The van der Waals surface area contributed by atoms with Gasteiger partial charge >= 0.3 is 0 Å². The second-order valence-electron chi connectivity index (χ2n) is 12.1. The summed E-state index contributed by atoms with van der Waals surface area (Å²) in [5.74, 6) is 0. The van der Waals surface area contributed by atoms with Crippen LogP contribution < -0.4 is 26.2 Å². The van der Waals surface area contributed by atoms with Crippen molar-refractivity contribution < 1.29 is 4.42 Å². The van der Waals surface area contributed by atoms with Gasteiger partial charge in [-0.15, -0.1) is 0 Å². The van der Waals surface area contributed by atoms with Crippen molar-refractivity contribution in [3.8, 4) is 11.1 Å². The van der Waals surface area contributed by atoms with Crippen molar-refractivity contribution in [3.63, 3.8) is 0 Å². The molecule has 46 heavy (non-hydrogen) atoms. The first-order valence-corrected chi connectivity index (χ1v) is 15.8. The van der Waals surface area contributed by atoms with Gasteiger partial charge < -0.3 is 14.2 Å². The van der Waals surface area contributed by atoms with Crippen LogP contribution in [0.1, 0.15) is 0 Å². The highest BCUT2D eigenvalue weighted by Gasteiger charge is 2.43. The number of anilines is 6. The fraction of sp³-hybridized carbons (Fsp3) is 0. The number of benzene rings is 7. The normalized spacial score (nSPS) is 13.1. The van der Waals surface area contributed by atoms with E-state index in [1.165, 1.54) is 50.3 Å². The molecule has 0 spiro atoms. The molecule has 0 N–H and O–H groups in total. The van der Waals surface area contributed by atoms with Gasteiger partial charge in [-0.1, -0.05) is 109 Å². The summed E-state index contributed by atoms with van der Waals surface area (Å²) >= 11 is 0. The average Bonchev–Trinajstić information content (AvgIpc) is 3.51. The summed E-state index contributed by atoms with van der Waals surface area (Å²) in [7, 11) is 0. The molecule has 0 atom stereocenters. The zero-order chi connectivity index (χ0) is 30.2. The molecule has 0 aliphatic carbocycles. The first-order chi connectivity index (χ1) is 22.9. The van der Waals surface area contributed by atoms with Crippen molar-refractivity contribution in [1.82, 2.24) is 0 Å². The molecule has 0 radical (unpaired) electrons. The summed E-state index contributed by atoms with van der Waals surface area (Å²) in [5.41, 5.74) is 15.3. The lowest BCUT2D eigenvalue weighted by Gasteiger charge is -2.44. The molecule has 2 aliphatic rings. The summed E-state index contributed by atoms with van der Waals surface area (Å²) in [5, 5.41) is 2.29. The molecule has 3 nitrogen and oxygen atoms in total. The zero-order valence-corrected chi connectivity index (χ0v) is 25.0. The maximum absolute atomic E-state index is 6.37. The van der Waals surface area contributed by atoms with Gasteiger partial charge in [0.1, 0.15) is 11.2 Å². The number of rotatable bonds is 3. The van der Waals surface area contributed by atoms with E-state index in [1.54, 1.807) is 0 Å². The fourth-order valence-electron chi connectivity index (χ4n) is 7.85. The molecule has 0 saturated carbocycles. The number of hydrogen-bond acceptors (Lipinski definition) is 3. The molecule has 7 aromatic carbocycles. The van der Waals surface area contributed by atoms with Gasteiger partial charge in [0.2, 0.25) is 0 Å². The van der Waals surface area contributed by atoms with E-state index in [1.807, 2.05) is 6.07 Å². The topological polar surface area (TPSA) is 19.6 Å². The van der Waals surface area contributed by atoms with Crippen molar-refractivity contribution in [3.05, 3.63) is 164 Å². The second kappa shape index (κ2) is 9.75. The van der Waals surface area contributed by atoms with Crippen molar-refractivity contribution >= 4 is 79.2 Å². The van der Waals surface area contributed by atoms with Crippen LogP contribution in [0.4, 0.5) is 34.1 Å². The fourth-order valence-corrected chi connectivity index (χ4v) is 7.85. The maximum Gasteiger partial charge on any atom is 0.252 e. The Labute approximate surface area is 267 Å². The maximum atomic E-state index is 6.37. The summed E-state index contributed by atoms with van der Waals surface area (Å²) < 4.78 is 6.37. The molecular formula is C42H27BN2O. The van der Waals surface area contributed by atoms with Gasteiger partial charge in [-0.25, -0.2) is 0 Å². The van der Waals surface area contributed by atoms with E-state index in [9.17, 15) is 0 Å². The Morgan fingerprint density at radius 3 is 1.80 bits per heavy atom. The van der Waals surface area contributed by atoms with Crippen molar-refractivity contribution in [2.24, 2.45) is 0 Å². The Morgan fingerprint density at radius 2 is 0.978 bits per heavy atom. The van der Waals surface area contributed by atoms with E-state index in [0.29, 0.717) is 0 Å². The van der Waals surface area contributed by atoms with Gasteiger partial charge in [-0.3, -0.25) is 0 Å². The van der Waals surface area contributed by atoms with E-state index in [-0.39, 0.29) is 6.71 Å². The van der Waals surface area contributed by atoms with E-state index in [4.69, 9.17) is 4.42 Å². The highest BCUT2D eigenvalue weighted by atomic mass is 16.3. The van der Waals surface area contributed by atoms with E-state index in [2.05, 4.69) is 168 Å². The SMILES string of the molecule is c1ccc(N2c3ccccc3B3c4cccc(-c5cccc6oc7ccccc7c56)c4N(c4ccccc4)c4cccc2c43)cc1. The van der Waals surface area contributed by atoms with Gasteiger partial charge in [0.15, 0.2) is 0 Å². The summed E-state index contributed by atoms with van der Waals surface area (Å²) in [6.45, 7) is 0.0672. The predicted octanol–water partition coefficient (Wildman–Crippen LogP) is 9.34. The molecule has 0 saturated heterocycles. The Morgan fingerprint density at radius 1 is 0.413 bits per heavy atom. The quantitative estimate of drug-likeness (QED) is 0.192. The second-order valence-corrected chi connectivity index (χ2v) is 12.1. The molecule has 0 amide bonds. The van der Waals surface area contributed by atoms with Gasteiger partial charge in [0.05, 0.1) is 0 Å². The van der Waals surface area contributed by atoms with Crippen LogP contribution in [-0.4, -0.2) is 6.71 Å². The number of para-hydroxylation sites is 5. The van der Waals surface area contributed by atoms with Gasteiger partial charge in [0.25, 0.3) is 6.71 Å². The molecule has 0 fully saturated rings. The smallest absolute Gasteiger partial charge is 0.252 e. The monoisotopic (exact) mass is 586 g/mol. The minimum Gasteiger partial charge on any atom is -0.456 e. The van der Waals surface area contributed by atoms with Crippen LogP contribution in [0.5, 0.6) is 0 Å². The third kappa shape index (κ3) is 3.50. The molecule has 4 heteroatoms. The summed E-state index contributed by atoms with van der Waals surface area (Å²) in [6, 6.07) is 58.9. The molecule has 3 heterocycles.